The first kappa shape index (κ1) is 19.5. The largest absolute Gasteiger partial charge is 0.361 e. The van der Waals surface area contributed by atoms with Crippen LogP contribution in [0.3, 0.4) is 0 Å². The summed E-state index contributed by atoms with van der Waals surface area (Å²) in [4.78, 5) is 28.1. The third-order valence-electron chi connectivity index (χ3n) is 4.92. The van der Waals surface area contributed by atoms with E-state index < -0.39 is 11.8 Å². The minimum absolute atomic E-state index is 0.0263. The van der Waals surface area contributed by atoms with Gasteiger partial charge in [-0.3, -0.25) is 9.59 Å². The van der Waals surface area contributed by atoms with Crippen molar-refractivity contribution in [2.75, 3.05) is 23.3 Å². The van der Waals surface area contributed by atoms with Gasteiger partial charge < -0.3 is 15.5 Å². The molecule has 4 rings (SSSR count). The quantitative estimate of drug-likeness (QED) is 0.600. The molecule has 0 saturated heterocycles. The number of thiophene rings is 1. The normalized spacial score (nSPS) is 13.6. The van der Waals surface area contributed by atoms with Crippen LogP contribution < -0.4 is 15.5 Å². The minimum atomic E-state index is -0.709. The molecule has 1 aliphatic heterocycles. The second kappa shape index (κ2) is 8.68. The van der Waals surface area contributed by atoms with E-state index >= 15 is 0 Å². The second-order valence-electron chi connectivity index (χ2n) is 6.78. The smallest absolute Gasteiger partial charge is 0.313 e. The van der Waals surface area contributed by atoms with Crippen LogP contribution in [0.15, 0.2) is 66.0 Å². The van der Waals surface area contributed by atoms with E-state index in [0.717, 1.165) is 17.8 Å². The highest BCUT2D eigenvalue weighted by molar-refractivity contribution is 7.10. The number of rotatable bonds is 5. The number of benzene rings is 2. The van der Waals surface area contributed by atoms with Crippen LogP contribution in [0.2, 0.25) is 5.02 Å². The zero-order valence-electron chi connectivity index (χ0n) is 15.6. The van der Waals surface area contributed by atoms with Gasteiger partial charge in [-0.15, -0.1) is 11.3 Å². The highest BCUT2D eigenvalue weighted by Crippen LogP contribution is 2.36. The molecule has 5 nitrogen and oxygen atoms in total. The maximum atomic E-state index is 12.4. The van der Waals surface area contributed by atoms with Gasteiger partial charge in [-0.25, -0.2) is 0 Å². The highest BCUT2D eigenvalue weighted by Gasteiger charge is 2.28. The van der Waals surface area contributed by atoms with Gasteiger partial charge in [0.25, 0.3) is 0 Å². The molecule has 0 aliphatic carbocycles. The molecule has 0 unspecified atom stereocenters. The first-order chi connectivity index (χ1) is 14.1. The molecule has 2 aromatic carbocycles. The zero-order valence-corrected chi connectivity index (χ0v) is 17.2. The lowest BCUT2D eigenvalue weighted by Gasteiger charge is -2.30. The van der Waals surface area contributed by atoms with Crippen molar-refractivity contribution < 1.29 is 9.59 Å². The summed E-state index contributed by atoms with van der Waals surface area (Å²) >= 11 is 7.57. The van der Waals surface area contributed by atoms with Crippen LogP contribution in [-0.4, -0.2) is 24.9 Å². The van der Waals surface area contributed by atoms with Gasteiger partial charge in [-0.05, 0) is 47.7 Å². The number of halogens is 1. The first-order valence-corrected chi connectivity index (χ1v) is 10.6. The van der Waals surface area contributed by atoms with Crippen LogP contribution in [0.4, 0.5) is 11.4 Å². The summed E-state index contributed by atoms with van der Waals surface area (Å²) in [6.45, 7) is 1.23. The number of carbonyl (C=O) groups is 2. The van der Waals surface area contributed by atoms with Crippen molar-refractivity contribution in [1.82, 2.24) is 5.32 Å². The third-order valence-corrected chi connectivity index (χ3v) is 6.12. The van der Waals surface area contributed by atoms with Crippen molar-refractivity contribution in [3.63, 3.8) is 0 Å². The van der Waals surface area contributed by atoms with Crippen molar-refractivity contribution in [2.45, 2.75) is 12.5 Å². The fourth-order valence-electron chi connectivity index (χ4n) is 3.56. The number of nitrogens with zero attached hydrogens (tertiary/aromatic N) is 1. The highest BCUT2D eigenvalue weighted by atomic mass is 35.5. The van der Waals surface area contributed by atoms with Gasteiger partial charge in [0.05, 0.1) is 6.04 Å². The van der Waals surface area contributed by atoms with Gasteiger partial charge in [-0.1, -0.05) is 41.9 Å². The lowest BCUT2D eigenvalue weighted by Crippen LogP contribution is -2.41. The van der Waals surface area contributed by atoms with Crippen molar-refractivity contribution in [3.8, 4) is 0 Å². The summed E-state index contributed by atoms with van der Waals surface area (Å²) in [5.74, 6) is -1.38. The van der Waals surface area contributed by atoms with E-state index in [1.165, 1.54) is 11.3 Å². The Morgan fingerprint density at radius 3 is 2.72 bits per heavy atom. The van der Waals surface area contributed by atoms with Crippen LogP contribution in [0.1, 0.15) is 16.5 Å². The first-order valence-electron chi connectivity index (χ1n) is 9.34. The number of anilines is 2. The molecule has 1 aromatic heterocycles. The number of fused-ring (bicyclic) bond motifs is 1. The van der Waals surface area contributed by atoms with E-state index in [9.17, 15) is 9.59 Å². The van der Waals surface area contributed by atoms with E-state index in [1.807, 2.05) is 23.6 Å². The molecule has 0 radical (unpaired) electrons. The van der Waals surface area contributed by atoms with Crippen molar-refractivity contribution in [2.24, 2.45) is 0 Å². The van der Waals surface area contributed by atoms with Gasteiger partial charge in [-0.2, -0.15) is 0 Å². The van der Waals surface area contributed by atoms with Gasteiger partial charge in [0.1, 0.15) is 0 Å². The number of para-hydroxylation sites is 1. The molecule has 0 spiro atoms. The SMILES string of the molecule is O=C(NC[C@H](c1cccs1)N1CCc2ccccc21)C(=O)Nc1cccc(Cl)c1. The van der Waals surface area contributed by atoms with E-state index in [2.05, 4.69) is 33.7 Å². The Labute approximate surface area is 178 Å². The molecule has 148 valence electrons. The third kappa shape index (κ3) is 4.44. The lowest BCUT2D eigenvalue weighted by atomic mass is 10.1. The Balaban J connectivity index is 1.45. The predicted molar refractivity (Wildman–Crippen MR) is 118 cm³/mol. The maximum absolute atomic E-state index is 12.4. The molecule has 0 saturated carbocycles. The van der Waals surface area contributed by atoms with Gasteiger partial charge >= 0.3 is 11.8 Å². The maximum Gasteiger partial charge on any atom is 0.313 e. The molecule has 29 heavy (non-hydrogen) atoms. The zero-order chi connectivity index (χ0) is 20.2. The molecule has 1 atom stereocenters. The molecule has 2 heterocycles. The van der Waals surface area contributed by atoms with E-state index in [0.29, 0.717) is 17.3 Å². The van der Waals surface area contributed by atoms with Crippen molar-refractivity contribution in [3.05, 3.63) is 81.5 Å². The number of nitrogens with one attached hydrogen (secondary N) is 2. The van der Waals surface area contributed by atoms with Crippen LogP contribution in [0.25, 0.3) is 0 Å². The number of carbonyl (C=O) groups excluding carboxylic acids is 2. The fraction of sp³-hybridized carbons (Fsp3) is 0.182. The lowest BCUT2D eigenvalue weighted by molar-refractivity contribution is -0.136. The monoisotopic (exact) mass is 425 g/mol. The van der Waals surface area contributed by atoms with E-state index in [-0.39, 0.29) is 6.04 Å². The van der Waals surface area contributed by atoms with Gasteiger partial charge in [0.2, 0.25) is 0 Å². The van der Waals surface area contributed by atoms with Gasteiger partial charge in [0, 0.05) is 34.4 Å². The molecule has 2 amide bonds. The molecule has 2 N–H and O–H groups in total. The molecule has 0 fully saturated rings. The molecule has 1 aliphatic rings. The van der Waals surface area contributed by atoms with Crippen molar-refractivity contribution in [1.29, 1.82) is 0 Å². The minimum Gasteiger partial charge on any atom is -0.361 e. The molecular formula is C22H20ClN3O2S. The summed E-state index contributed by atoms with van der Waals surface area (Å²) < 4.78 is 0. The Hall–Kier alpha value is -2.83. The Morgan fingerprint density at radius 1 is 1.07 bits per heavy atom. The summed E-state index contributed by atoms with van der Waals surface area (Å²) in [7, 11) is 0. The summed E-state index contributed by atoms with van der Waals surface area (Å²) in [6, 6.07) is 19.1. The Kier molecular flexibility index (Phi) is 5.83. The van der Waals surface area contributed by atoms with Gasteiger partial charge in [0.15, 0.2) is 0 Å². The van der Waals surface area contributed by atoms with Crippen LogP contribution in [-0.2, 0) is 16.0 Å². The molecule has 3 aromatic rings. The van der Waals surface area contributed by atoms with Crippen LogP contribution in [0, 0.1) is 0 Å². The van der Waals surface area contributed by atoms with Crippen LogP contribution >= 0.6 is 22.9 Å². The standard InChI is InChI=1S/C22H20ClN3O2S/c23-16-6-3-7-17(13-16)25-22(28)21(27)24-14-19(20-9-4-12-29-20)26-11-10-15-5-1-2-8-18(15)26/h1-9,12-13,19H,10-11,14H2,(H,24,27)(H,25,28)/t19-/m1/s1. The second-order valence-corrected chi connectivity index (χ2v) is 8.19. The van der Waals surface area contributed by atoms with Crippen molar-refractivity contribution >= 4 is 46.1 Å². The summed E-state index contributed by atoms with van der Waals surface area (Å²) in [5.41, 5.74) is 2.98. The fourth-order valence-corrected chi connectivity index (χ4v) is 4.59. The average molecular weight is 426 g/mol. The van der Waals surface area contributed by atoms with E-state index in [4.69, 9.17) is 11.6 Å². The topological polar surface area (TPSA) is 61.4 Å². The average Bonchev–Trinajstić information content (AvgIpc) is 3.39. The molecule has 0 bridgehead atoms. The molecule has 7 heteroatoms. The summed E-state index contributed by atoms with van der Waals surface area (Å²) in [5, 5.41) is 7.89. The number of hydrogen-bond acceptors (Lipinski definition) is 4. The number of hydrogen-bond donors (Lipinski definition) is 2. The number of amides is 2. The Bertz CT molecular complexity index is 1020. The Morgan fingerprint density at radius 2 is 1.93 bits per heavy atom. The van der Waals surface area contributed by atoms with E-state index in [1.54, 1.807) is 35.6 Å². The summed E-state index contributed by atoms with van der Waals surface area (Å²) in [6.07, 6.45) is 0.973. The molecular weight excluding hydrogens is 406 g/mol. The van der Waals surface area contributed by atoms with Crippen LogP contribution in [0.5, 0.6) is 0 Å². The predicted octanol–water partition coefficient (Wildman–Crippen LogP) is 4.26.